The Kier molecular flexibility index (Phi) is 6.64. The molecule has 8 nitrogen and oxygen atoms in total. The molecule has 33 heavy (non-hydrogen) atoms. The van der Waals surface area contributed by atoms with Crippen molar-refractivity contribution in [3.63, 3.8) is 0 Å². The Morgan fingerprint density at radius 1 is 1.03 bits per heavy atom. The van der Waals surface area contributed by atoms with Crippen molar-refractivity contribution in [2.24, 2.45) is 0 Å². The molecule has 0 saturated carbocycles. The van der Waals surface area contributed by atoms with Crippen LogP contribution in [0.1, 0.15) is 21.6 Å². The number of carbonyl (C=O) groups excluding carboxylic acids is 2. The summed E-state index contributed by atoms with van der Waals surface area (Å²) in [5.41, 5.74) is 3.47. The molecule has 0 aliphatic rings. The summed E-state index contributed by atoms with van der Waals surface area (Å²) < 4.78 is 16.1. The van der Waals surface area contributed by atoms with Crippen LogP contribution in [-0.4, -0.2) is 41.8 Å². The normalized spacial score (nSPS) is 10.7. The maximum atomic E-state index is 12.8. The summed E-state index contributed by atoms with van der Waals surface area (Å²) in [7, 11) is 0. The van der Waals surface area contributed by atoms with Gasteiger partial charge in [-0.15, -0.1) is 0 Å². The van der Waals surface area contributed by atoms with Crippen LogP contribution < -0.4 is 10.1 Å². The number of esters is 1. The molecule has 0 aliphatic heterocycles. The summed E-state index contributed by atoms with van der Waals surface area (Å²) in [5.74, 6) is -0.364. The fourth-order valence-corrected chi connectivity index (χ4v) is 3.26. The molecule has 8 heteroatoms. The third-order valence-corrected chi connectivity index (χ3v) is 4.95. The van der Waals surface area contributed by atoms with Gasteiger partial charge >= 0.3 is 5.97 Å². The Bertz CT molecular complexity index is 1270. The number of nitrogens with one attached hydrogen (secondary N) is 1. The van der Waals surface area contributed by atoms with E-state index in [2.05, 4.69) is 15.5 Å². The number of carbonyl (C=O) groups is 2. The largest absolute Gasteiger partial charge is 0.492 e. The van der Waals surface area contributed by atoms with Gasteiger partial charge < -0.3 is 19.3 Å². The minimum Gasteiger partial charge on any atom is -0.492 e. The van der Waals surface area contributed by atoms with Crippen LogP contribution in [0.5, 0.6) is 5.75 Å². The van der Waals surface area contributed by atoms with Gasteiger partial charge in [-0.25, -0.2) is 9.78 Å². The molecule has 0 atom stereocenters. The zero-order chi connectivity index (χ0) is 23.2. The molecule has 0 saturated heterocycles. The van der Waals surface area contributed by atoms with E-state index in [0.717, 1.165) is 11.1 Å². The first-order valence-electron chi connectivity index (χ1n) is 10.5. The molecule has 4 aromatic rings. The minimum atomic E-state index is -0.655. The van der Waals surface area contributed by atoms with E-state index in [0.29, 0.717) is 29.1 Å². The standard InChI is InChI=1S/C25H23N3O5/c1-16-8-10-18(11-9-16)21-14-20(23-17(2)28-33-24(23)27-21)25(30)32-15-22(29)26-12-13-31-19-6-4-3-5-7-19/h3-11,14H,12-13,15H2,1-2H3,(H,26,29). The highest BCUT2D eigenvalue weighted by Crippen LogP contribution is 2.27. The van der Waals surface area contributed by atoms with E-state index in [1.54, 1.807) is 13.0 Å². The van der Waals surface area contributed by atoms with Crippen LogP contribution in [0.2, 0.25) is 0 Å². The van der Waals surface area contributed by atoms with Crippen molar-refractivity contribution in [3.8, 4) is 17.0 Å². The molecule has 2 aromatic heterocycles. The van der Waals surface area contributed by atoms with Crippen molar-refractivity contribution in [3.05, 3.63) is 77.5 Å². The van der Waals surface area contributed by atoms with Crippen LogP contribution in [0, 0.1) is 13.8 Å². The van der Waals surface area contributed by atoms with Crippen molar-refractivity contribution >= 4 is 23.0 Å². The second-order valence-corrected chi connectivity index (χ2v) is 7.46. The Morgan fingerprint density at radius 2 is 1.79 bits per heavy atom. The van der Waals surface area contributed by atoms with Crippen molar-refractivity contribution in [1.29, 1.82) is 0 Å². The van der Waals surface area contributed by atoms with E-state index in [9.17, 15) is 9.59 Å². The molecule has 0 bridgehead atoms. The van der Waals surface area contributed by atoms with Gasteiger partial charge in [0, 0.05) is 5.56 Å². The molecule has 2 aromatic carbocycles. The van der Waals surface area contributed by atoms with Crippen LogP contribution >= 0.6 is 0 Å². The third kappa shape index (κ3) is 5.35. The highest BCUT2D eigenvalue weighted by Gasteiger charge is 2.21. The number of fused-ring (bicyclic) bond motifs is 1. The van der Waals surface area contributed by atoms with Gasteiger partial charge in [-0.2, -0.15) is 0 Å². The summed E-state index contributed by atoms with van der Waals surface area (Å²) in [6, 6.07) is 18.6. The summed E-state index contributed by atoms with van der Waals surface area (Å²) >= 11 is 0. The number of ether oxygens (including phenoxy) is 2. The van der Waals surface area contributed by atoms with Crippen molar-refractivity contribution in [1.82, 2.24) is 15.5 Å². The Hall–Kier alpha value is -4.20. The van der Waals surface area contributed by atoms with E-state index in [-0.39, 0.29) is 17.8 Å². The lowest BCUT2D eigenvalue weighted by Crippen LogP contribution is -2.32. The first-order chi connectivity index (χ1) is 16.0. The fraction of sp³-hybridized carbons (Fsp3) is 0.200. The highest BCUT2D eigenvalue weighted by molar-refractivity contribution is 6.04. The molecule has 168 valence electrons. The summed E-state index contributed by atoms with van der Waals surface area (Å²) in [4.78, 5) is 29.4. The lowest BCUT2D eigenvalue weighted by molar-refractivity contribution is -0.124. The monoisotopic (exact) mass is 445 g/mol. The minimum absolute atomic E-state index is 0.236. The number of benzene rings is 2. The quantitative estimate of drug-likeness (QED) is 0.324. The second-order valence-electron chi connectivity index (χ2n) is 7.46. The average Bonchev–Trinajstić information content (AvgIpc) is 3.21. The van der Waals surface area contributed by atoms with E-state index in [1.807, 2.05) is 61.5 Å². The van der Waals surface area contributed by atoms with E-state index >= 15 is 0 Å². The Morgan fingerprint density at radius 3 is 2.55 bits per heavy atom. The van der Waals surface area contributed by atoms with E-state index in [4.69, 9.17) is 14.0 Å². The van der Waals surface area contributed by atoms with Gasteiger partial charge in [0.2, 0.25) is 0 Å². The maximum absolute atomic E-state index is 12.8. The summed E-state index contributed by atoms with van der Waals surface area (Å²) in [6.07, 6.45) is 0. The fourth-order valence-electron chi connectivity index (χ4n) is 3.26. The predicted octanol–water partition coefficient (Wildman–Crippen LogP) is 3.86. The second kappa shape index (κ2) is 9.95. The number of nitrogens with zero attached hydrogens (tertiary/aromatic N) is 2. The smallest absolute Gasteiger partial charge is 0.339 e. The lowest BCUT2D eigenvalue weighted by Gasteiger charge is -2.09. The number of aryl methyl sites for hydroxylation is 2. The topological polar surface area (TPSA) is 104 Å². The van der Waals surface area contributed by atoms with Crippen LogP contribution in [0.15, 0.2) is 65.2 Å². The molecule has 0 spiro atoms. The SMILES string of the molecule is Cc1ccc(-c2cc(C(=O)OCC(=O)NCCOc3ccccc3)c3c(C)noc3n2)cc1. The zero-order valence-corrected chi connectivity index (χ0v) is 18.3. The Balaban J connectivity index is 1.40. The van der Waals surface area contributed by atoms with Crippen molar-refractivity contribution < 1.29 is 23.6 Å². The van der Waals surface area contributed by atoms with Crippen LogP contribution in [0.4, 0.5) is 0 Å². The molecule has 4 rings (SSSR count). The van der Waals surface area contributed by atoms with Gasteiger partial charge in [0.1, 0.15) is 12.4 Å². The first-order valence-corrected chi connectivity index (χ1v) is 10.5. The number of pyridine rings is 1. The van der Waals surface area contributed by atoms with Gasteiger partial charge in [0.25, 0.3) is 11.6 Å². The number of hydrogen-bond donors (Lipinski definition) is 1. The van der Waals surface area contributed by atoms with Gasteiger partial charge in [0.05, 0.1) is 28.9 Å². The third-order valence-electron chi connectivity index (χ3n) is 4.95. The highest BCUT2D eigenvalue weighted by atomic mass is 16.5. The van der Waals surface area contributed by atoms with E-state index < -0.39 is 18.5 Å². The number of hydrogen-bond acceptors (Lipinski definition) is 7. The van der Waals surface area contributed by atoms with Gasteiger partial charge in [-0.1, -0.05) is 53.2 Å². The molecular formula is C25H23N3O5. The van der Waals surface area contributed by atoms with Crippen molar-refractivity contribution in [2.75, 3.05) is 19.8 Å². The number of aromatic nitrogens is 2. The number of rotatable bonds is 8. The van der Waals surface area contributed by atoms with Gasteiger partial charge in [-0.3, -0.25) is 4.79 Å². The lowest BCUT2D eigenvalue weighted by atomic mass is 10.0. The van der Waals surface area contributed by atoms with Crippen LogP contribution in [0.3, 0.4) is 0 Å². The predicted molar refractivity (Wildman–Crippen MR) is 122 cm³/mol. The molecule has 1 N–H and O–H groups in total. The Labute approximate surface area is 190 Å². The number of amides is 1. The van der Waals surface area contributed by atoms with Gasteiger partial charge in [0.15, 0.2) is 6.61 Å². The van der Waals surface area contributed by atoms with Crippen LogP contribution in [-0.2, 0) is 9.53 Å². The molecule has 1 amide bonds. The molecular weight excluding hydrogens is 422 g/mol. The molecule has 0 fully saturated rings. The average molecular weight is 445 g/mol. The van der Waals surface area contributed by atoms with Crippen LogP contribution in [0.25, 0.3) is 22.4 Å². The molecule has 2 heterocycles. The molecule has 0 aliphatic carbocycles. The summed E-state index contributed by atoms with van der Waals surface area (Å²) in [6.45, 7) is 3.87. The first kappa shape index (κ1) is 22.0. The van der Waals surface area contributed by atoms with E-state index in [1.165, 1.54) is 0 Å². The molecule has 0 radical (unpaired) electrons. The maximum Gasteiger partial charge on any atom is 0.339 e. The molecule has 0 unspecified atom stereocenters. The zero-order valence-electron chi connectivity index (χ0n) is 18.3. The summed E-state index contributed by atoms with van der Waals surface area (Å²) in [5, 5.41) is 7.05. The van der Waals surface area contributed by atoms with Gasteiger partial charge in [-0.05, 0) is 32.0 Å². The number of para-hydroxylation sites is 1. The van der Waals surface area contributed by atoms with Crippen molar-refractivity contribution in [2.45, 2.75) is 13.8 Å².